The third-order valence-electron chi connectivity index (χ3n) is 6.20. The fourth-order valence-electron chi connectivity index (χ4n) is 4.34. The molecule has 2 atom stereocenters. The number of carbonyl (C=O) groups excluding carboxylic acids is 2. The fraction of sp³-hybridized carbons (Fsp3) is 0.296. The van der Waals surface area contributed by atoms with Crippen molar-refractivity contribution < 1.29 is 19.1 Å². The zero-order valence-corrected chi connectivity index (χ0v) is 20.2. The summed E-state index contributed by atoms with van der Waals surface area (Å²) in [5, 5.41) is 5.74. The first-order chi connectivity index (χ1) is 17.0. The van der Waals surface area contributed by atoms with Crippen LogP contribution in [0.2, 0.25) is 0 Å². The molecule has 0 saturated carbocycles. The van der Waals surface area contributed by atoms with Crippen LogP contribution in [0.1, 0.15) is 35.2 Å². The van der Waals surface area contributed by atoms with Crippen molar-refractivity contribution in [3.8, 4) is 11.5 Å². The van der Waals surface area contributed by atoms with E-state index in [1.165, 1.54) is 0 Å². The van der Waals surface area contributed by atoms with Gasteiger partial charge in [-0.3, -0.25) is 9.78 Å². The van der Waals surface area contributed by atoms with Gasteiger partial charge in [-0.1, -0.05) is 30.3 Å². The van der Waals surface area contributed by atoms with Crippen LogP contribution in [0, 0.1) is 0 Å². The van der Waals surface area contributed by atoms with Gasteiger partial charge in [-0.05, 0) is 59.9 Å². The topological polar surface area (TPSA) is 92.8 Å². The smallest absolute Gasteiger partial charge is 0.318 e. The Morgan fingerprint density at radius 1 is 1.06 bits per heavy atom. The summed E-state index contributed by atoms with van der Waals surface area (Å²) in [5.74, 6) is 1.02. The number of hydrogen-bond acceptors (Lipinski definition) is 5. The Labute approximate surface area is 205 Å². The molecular weight excluding hydrogens is 444 g/mol. The van der Waals surface area contributed by atoms with Crippen LogP contribution in [-0.2, 0) is 17.8 Å². The maximum atomic E-state index is 13.4. The molecule has 8 nitrogen and oxygen atoms in total. The van der Waals surface area contributed by atoms with E-state index in [4.69, 9.17) is 9.47 Å². The van der Waals surface area contributed by atoms with Crippen molar-refractivity contribution in [3.63, 3.8) is 0 Å². The van der Waals surface area contributed by atoms with Gasteiger partial charge in [-0.2, -0.15) is 0 Å². The number of rotatable bonds is 7. The highest BCUT2D eigenvalue weighted by atomic mass is 16.5. The largest absolute Gasteiger partial charge is 0.493 e. The van der Waals surface area contributed by atoms with Crippen LogP contribution in [0.3, 0.4) is 0 Å². The zero-order chi connectivity index (χ0) is 24.8. The molecule has 2 N–H and O–H groups in total. The van der Waals surface area contributed by atoms with Crippen LogP contribution in [-0.4, -0.2) is 48.6 Å². The normalized spacial score (nSPS) is 15.5. The van der Waals surface area contributed by atoms with E-state index < -0.39 is 6.04 Å². The molecule has 3 amide bonds. The molecular formula is C27H30N4O4. The predicted octanol–water partition coefficient (Wildman–Crippen LogP) is 3.46. The van der Waals surface area contributed by atoms with Gasteiger partial charge >= 0.3 is 6.03 Å². The zero-order valence-electron chi connectivity index (χ0n) is 20.2. The molecule has 1 aromatic heterocycles. The number of aromatic nitrogens is 1. The van der Waals surface area contributed by atoms with Crippen LogP contribution in [0.5, 0.6) is 11.5 Å². The van der Waals surface area contributed by atoms with Crippen molar-refractivity contribution in [2.24, 2.45) is 0 Å². The number of amides is 3. The first-order valence-corrected chi connectivity index (χ1v) is 11.5. The molecule has 0 aliphatic carbocycles. The van der Waals surface area contributed by atoms with Gasteiger partial charge < -0.3 is 25.0 Å². The number of nitrogens with zero attached hydrogens (tertiary/aromatic N) is 2. The van der Waals surface area contributed by atoms with Gasteiger partial charge in [0.15, 0.2) is 11.5 Å². The first kappa shape index (κ1) is 24.1. The number of pyridine rings is 1. The number of carbonyl (C=O) groups is 2. The summed E-state index contributed by atoms with van der Waals surface area (Å²) in [6.45, 7) is 2.55. The number of fused-ring (bicyclic) bond motifs is 1. The molecule has 4 rings (SSSR count). The lowest BCUT2D eigenvalue weighted by Gasteiger charge is -2.38. The molecule has 2 aromatic carbocycles. The second-order valence-electron chi connectivity index (χ2n) is 8.41. The highest BCUT2D eigenvalue weighted by Crippen LogP contribution is 2.41. The van der Waals surface area contributed by atoms with Crippen molar-refractivity contribution >= 4 is 11.9 Å². The minimum atomic E-state index is -0.701. The molecule has 182 valence electrons. The Balaban J connectivity index is 1.55. The third kappa shape index (κ3) is 5.37. The average Bonchev–Trinajstić information content (AvgIpc) is 2.91. The summed E-state index contributed by atoms with van der Waals surface area (Å²) in [6.07, 6.45) is 4.01. The number of methoxy groups -OCH3 is 2. The van der Waals surface area contributed by atoms with E-state index in [0.29, 0.717) is 31.0 Å². The highest BCUT2D eigenvalue weighted by Gasteiger charge is 2.34. The van der Waals surface area contributed by atoms with Gasteiger partial charge in [0.2, 0.25) is 5.91 Å². The van der Waals surface area contributed by atoms with E-state index in [1.54, 1.807) is 38.4 Å². The van der Waals surface area contributed by atoms with Crippen molar-refractivity contribution in [1.29, 1.82) is 0 Å². The van der Waals surface area contributed by atoms with Crippen molar-refractivity contribution in [2.45, 2.75) is 32.0 Å². The van der Waals surface area contributed by atoms with Crippen LogP contribution in [0.25, 0.3) is 0 Å². The molecule has 8 heteroatoms. The van der Waals surface area contributed by atoms with E-state index in [2.05, 4.69) is 15.6 Å². The van der Waals surface area contributed by atoms with Crippen molar-refractivity contribution in [3.05, 3.63) is 89.2 Å². The predicted molar refractivity (Wildman–Crippen MR) is 132 cm³/mol. The molecule has 0 unspecified atom stereocenters. The summed E-state index contributed by atoms with van der Waals surface area (Å²) in [6, 6.07) is 16.1. The number of hydrogen-bond donors (Lipinski definition) is 2. The van der Waals surface area contributed by atoms with Crippen LogP contribution >= 0.6 is 0 Å². The number of benzene rings is 2. The molecule has 0 fully saturated rings. The Kier molecular flexibility index (Phi) is 7.50. The minimum Gasteiger partial charge on any atom is -0.493 e. The standard InChI is InChI=1S/C27H30N4O4/c1-18(26(32)29-17-19-9-12-28-13-10-19)30-27(33)31-14-11-21-15-23(34-2)24(35-3)16-22(21)25(31)20-7-5-4-6-8-20/h4-10,12-13,15-16,18,25H,11,14,17H2,1-3H3,(H,29,32)(H,30,33)/t18-,25+/m0/s1. The lowest BCUT2D eigenvalue weighted by molar-refractivity contribution is -0.122. The minimum absolute atomic E-state index is 0.254. The van der Waals surface area contributed by atoms with E-state index in [9.17, 15) is 9.59 Å². The second-order valence-corrected chi connectivity index (χ2v) is 8.41. The molecule has 2 heterocycles. The summed E-state index contributed by atoms with van der Waals surface area (Å²) in [7, 11) is 3.21. The quantitative estimate of drug-likeness (QED) is 0.547. The van der Waals surface area contributed by atoms with Gasteiger partial charge in [0.05, 0.1) is 20.3 Å². The van der Waals surface area contributed by atoms with E-state index in [0.717, 1.165) is 22.3 Å². The monoisotopic (exact) mass is 474 g/mol. The SMILES string of the molecule is COc1cc2c(cc1OC)[C@@H](c1ccccc1)N(C(=O)N[C@@H](C)C(=O)NCc1ccncc1)CC2. The fourth-order valence-corrected chi connectivity index (χ4v) is 4.34. The lowest BCUT2D eigenvalue weighted by atomic mass is 9.88. The number of urea groups is 1. The van der Waals surface area contributed by atoms with Crippen LogP contribution in [0.15, 0.2) is 67.0 Å². The highest BCUT2D eigenvalue weighted by molar-refractivity contribution is 5.87. The lowest BCUT2D eigenvalue weighted by Crippen LogP contribution is -2.52. The average molecular weight is 475 g/mol. The maximum absolute atomic E-state index is 13.4. The summed E-state index contributed by atoms with van der Waals surface area (Å²) >= 11 is 0. The molecule has 0 radical (unpaired) electrons. The van der Waals surface area contributed by atoms with E-state index >= 15 is 0 Å². The third-order valence-corrected chi connectivity index (χ3v) is 6.20. The van der Waals surface area contributed by atoms with Gasteiger partial charge in [-0.25, -0.2) is 4.79 Å². The van der Waals surface area contributed by atoms with Crippen LogP contribution in [0.4, 0.5) is 4.79 Å². The molecule has 1 aliphatic rings. The van der Waals surface area contributed by atoms with Crippen molar-refractivity contribution in [2.75, 3.05) is 20.8 Å². The van der Waals surface area contributed by atoms with Gasteiger partial charge in [0.25, 0.3) is 0 Å². The molecule has 0 saturated heterocycles. The Morgan fingerprint density at radius 2 is 1.74 bits per heavy atom. The van der Waals surface area contributed by atoms with Gasteiger partial charge in [-0.15, -0.1) is 0 Å². The second kappa shape index (κ2) is 10.9. The first-order valence-electron chi connectivity index (χ1n) is 11.5. The summed E-state index contributed by atoms with van der Waals surface area (Å²) in [5.41, 5.74) is 3.99. The van der Waals surface area contributed by atoms with E-state index in [1.807, 2.05) is 54.6 Å². The van der Waals surface area contributed by atoms with Gasteiger partial charge in [0, 0.05) is 25.5 Å². The Bertz CT molecular complexity index is 1170. The molecule has 3 aromatic rings. The van der Waals surface area contributed by atoms with Crippen LogP contribution < -0.4 is 20.1 Å². The Morgan fingerprint density at radius 3 is 2.43 bits per heavy atom. The van der Waals surface area contributed by atoms with Crippen molar-refractivity contribution in [1.82, 2.24) is 20.5 Å². The molecule has 35 heavy (non-hydrogen) atoms. The molecule has 0 bridgehead atoms. The summed E-state index contributed by atoms with van der Waals surface area (Å²) in [4.78, 5) is 31.8. The molecule has 0 spiro atoms. The van der Waals surface area contributed by atoms with E-state index in [-0.39, 0.29) is 18.0 Å². The maximum Gasteiger partial charge on any atom is 0.318 e. The molecule has 1 aliphatic heterocycles. The van der Waals surface area contributed by atoms with Gasteiger partial charge in [0.1, 0.15) is 6.04 Å². The number of nitrogens with one attached hydrogen (secondary N) is 2. The number of ether oxygens (including phenoxy) is 2. The Hall–Kier alpha value is -4.07. The summed E-state index contributed by atoms with van der Waals surface area (Å²) < 4.78 is 11.0.